The molecule has 0 saturated carbocycles. The Kier molecular flexibility index (Phi) is 8.12. The van der Waals surface area contributed by atoms with Crippen LogP contribution in [-0.2, 0) is 25.2 Å². The number of aliphatic carboxylic acids is 1. The minimum Gasteiger partial charge on any atom is -0.480 e. The predicted molar refractivity (Wildman–Crippen MR) is 66.4 cm³/mol. The SMILES string of the molecule is CC(=O)NC(CS(=O)CC(=O)NCCC#N)C(=O)O. The maximum absolute atomic E-state index is 11.6. The number of nitrogens with zero attached hydrogens (tertiary/aromatic N) is 1. The lowest BCUT2D eigenvalue weighted by atomic mass is 10.3. The normalized spacial score (nSPS) is 12.8. The van der Waals surface area contributed by atoms with Gasteiger partial charge in [0, 0.05) is 24.3 Å². The Morgan fingerprint density at radius 2 is 2.05 bits per heavy atom. The lowest BCUT2D eigenvalue weighted by Gasteiger charge is -2.12. The van der Waals surface area contributed by atoms with Crippen LogP contribution in [0.4, 0.5) is 0 Å². The van der Waals surface area contributed by atoms with E-state index in [1.165, 1.54) is 0 Å². The van der Waals surface area contributed by atoms with Gasteiger partial charge in [-0.15, -0.1) is 0 Å². The van der Waals surface area contributed by atoms with Gasteiger partial charge in [-0.1, -0.05) is 0 Å². The number of nitrogens with one attached hydrogen (secondary N) is 2. The molecule has 0 aliphatic heterocycles. The van der Waals surface area contributed by atoms with Gasteiger partial charge in [0.15, 0.2) is 0 Å². The number of carbonyl (C=O) groups excluding carboxylic acids is 2. The van der Waals surface area contributed by atoms with E-state index in [0.29, 0.717) is 0 Å². The molecule has 0 spiro atoms. The van der Waals surface area contributed by atoms with Crippen LogP contribution >= 0.6 is 0 Å². The first-order valence-corrected chi connectivity index (χ1v) is 6.84. The molecule has 0 rings (SSSR count). The van der Waals surface area contributed by atoms with Crippen LogP contribution in [0.2, 0.25) is 0 Å². The maximum Gasteiger partial charge on any atom is 0.327 e. The van der Waals surface area contributed by atoms with Gasteiger partial charge in [0.25, 0.3) is 0 Å². The molecule has 0 aromatic heterocycles. The highest BCUT2D eigenvalue weighted by molar-refractivity contribution is 7.85. The number of hydrogen-bond donors (Lipinski definition) is 3. The predicted octanol–water partition coefficient (Wildman–Crippen LogP) is -1.65. The van der Waals surface area contributed by atoms with Crippen LogP contribution in [0.3, 0.4) is 0 Å². The lowest BCUT2D eigenvalue weighted by Crippen LogP contribution is -2.44. The standard InChI is InChI=1S/C10H15N3O5S/c1-7(14)13-8(10(16)17)5-19(18)6-9(15)12-4-2-3-11/h8H,2,4-6H2,1H3,(H,12,15)(H,13,14)(H,16,17). The Labute approximate surface area is 112 Å². The van der Waals surface area contributed by atoms with Crippen molar-refractivity contribution in [3.05, 3.63) is 0 Å². The summed E-state index contributed by atoms with van der Waals surface area (Å²) in [6, 6.07) is 0.543. The zero-order valence-electron chi connectivity index (χ0n) is 10.3. The summed E-state index contributed by atoms with van der Waals surface area (Å²) >= 11 is 0. The Morgan fingerprint density at radius 1 is 1.42 bits per heavy atom. The Morgan fingerprint density at radius 3 is 2.53 bits per heavy atom. The Balaban J connectivity index is 4.19. The van der Waals surface area contributed by atoms with E-state index in [4.69, 9.17) is 10.4 Å². The topological polar surface area (TPSA) is 136 Å². The molecule has 0 heterocycles. The molecule has 3 N–H and O–H groups in total. The lowest BCUT2D eigenvalue weighted by molar-refractivity contribution is -0.140. The zero-order valence-corrected chi connectivity index (χ0v) is 11.2. The second-order valence-corrected chi connectivity index (χ2v) is 5.10. The van der Waals surface area contributed by atoms with E-state index in [9.17, 15) is 18.6 Å². The van der Waals surface area contributed by atoms with Crippen molar-refractivity contribution in [3.63, 3.8) is 0 Å². The summed E-state index contributed by atoms with van der Waals surface area (Å²) < 4.78 is 11.6. The van der Waals surface area contributed by atoms with Crippen LogP contribution < -0.4 is 10.6 Å². The summed E-state index contributed by atoms with van der Waals surface area (Å²) in [4.78, 5) is 32.8. The molecule has 106 valence electrons. The molecular formula is C10H15N3O5S. The molecule has 9 heteroatoms. The molecule has 8 nitrogen and oxygen atoms in total. The van der Waals surface area contributed by atoms with Gasteiger partial charge in [0.2, 0.25) is 11.8 Å². The maximum atomic E-state index is 11.6. The molecule has 19 heavy (non-hydrogen) atoms. The van der Waals surface area contributed by atoms with Crippen LogP contribution in [0, 0.1) is 11.3 Å². The molecule has 2 amide bonds. The van der Waals surface area contributed by atoms with Crippen molar-refractivity contribution < 1.29 is 23.7 Å². The number of hydrogen-bond acceptors (Lipinski definition) is 5. The van der Waals surface area contributed by atoms with Crippen molar-refractivity contribution in [1.82, 2.24) is 10.6 Å². The highest BCUT2D eigenvalue weighted by Crippen LogP contribution is 1.92. The monoisotopic (exact) mass is 289 g/mol. The van der Waals surface area contributed by atoms with Gasteiger partial charge < -0.3 is 15.7 Å². The molecule has 0 fully saturated rings. The average molecular weight is 289 g/mol. The summed E-state index contributed by atoms with van der Waals surface area (Å²) in [5.74, 6) is -3.10. The Bertz CT molecular complexity index is 418. The first kappa shape index (κ1) is 17.1. The summed E-state index contributed by atoms with van der Waals surface area (Å²) in [5, 5.41) is 21.5. The van der Waals surface area contributed by atoms with Crippen molar-refractivity contribution in [2.45, 2.75) is 19.4 Å². The van der Waals surface area contributed by atoms with Crippen molar-refractivity contribution in [2.24, 2.45) is 0 Å². The van der Waals surface area contributed by atoms with Crippen molar-refractivity contribution >= 4 is 28.6 Å². The largest absolute Gasteiger partial charge is 0.480 e. The van der Waals surface area contributed by atoms with E-state index in [2.05, 4.69) is 10.6 Å². The molecular weight excluding hydrogens is 274 g/mol. The third-order valence-corrected chi connectivity index (χ3v) is 3.17. The molecule has 0 saturated heterocycles. The van der Waals surface area contributed by atoms with Crippen LogP contribution in [0.5, 0.6) is 0 Å². The highest BCUT2D eigenvalue weighted by atomic mass is 32.2. The van der Waals surface area contributed by atoms with E-state index in [-0.39, 0.29) is 24.5 Å². The third kappa shape index (κ3) is 8.73. The van der Waals surface area contributed by atoms with E-state index in [1.54, 1.807) is 0 Å². The smallest absolute Gasteiger partial charge is 0.327 e. The third-order valence-electron chi connectivity index (χ3n) is 1.88. The second-order valence-electron chi connectivity index (χ2n) is 3.60. The average Bonchev–Trinajstić information content (AvgIpc) is 2.27. The van der Waals surface area contributed by atoms with Gasteiger partial charge >= 0.3 is 5.97 Å². The van der Waals surface area contributed by atoms with E-state index in [0.717, 1.165) is 6.92 Å². The van der Waals surface area contributed by atoms with Gasteiger partial charge in [-0.25, -0.2) is 4.79 Å². The number of nitriles is 1. The van der Waals surface area contributed by atoms with Gasteiger partial charge in [-0.2, -0.15) is 5.26 Å². The molecule has 2 atom stereocenters. The summed E-state index contributed by atoms with van der Waals surface area (Å²) in [6.07, 6.45) is 0.141. The number of carbonyl (C=O) groups is 3. The first-order chi connectivity index (χ1) is 8.86. The molecule has 0 bridgehead atoms. The van der Waals surface area contributed by atoms with E-state index in [1.807, 2.05) is 6.07 Å². The molecule has 0 radical (unpaired) electrons. The number of rotatable bonds is 8. The fourth-order valence-corrected chi connectivity index (χ4v) is 2.23. The quantitative estimate of drug-likeness (QED) is 0.458. The molecule has 0 aliphatic rings. The molecule has 2 unspecified atom stereocenters. The van der Waals surface area contributed by atoms with E-state index >= 15 is 0 Å². The summed E-state index contributed by atoms with van der Waals surface area (Å²) in [6.45, 7) is 1.30. The number of carboxylic acids is 1. The summed E-state index contributed by atoms with van der Waals surface area (Å²) in [5.41, 5.74) is 0. The van der Waals surface area contributed by atoms with Gasteiger partial charge in [-0.3, -0.25) is 13.8 Å². The number of amides is 2. The van der Waals surface area contributed by atoms with Crippen molar-refractivity contribution in [1.29, 1.82) is 5.26 Å². The highest BCUT2D eigenvalue weighted by Gasteiger charge is 2.22. The second kappa shape index (κ2) is 9.04. The zero-order chi connectivity index (χ0) is 14.8. The van der Waals surface area contributed by atoms with Crippen LogP contribution in [0.15, 0.2) is 0 Å². The van der Waals surface area contributed by atoms with Gasteiger partial charge in [0.05, 0.1) is 18.2 Å². The van der Waals surface area contributed by atoms with Gasteiger partial charge in [-0.05, 0) is 0 Å². The van der Waals surface area contributed by atoms with Crippen LogP contribution in [-0.4, -0.2) is 51.2 Å². The molecule has 0 aromatic carbocycles. The van der Waals surface area contributed by atoms with Gasteiger partial charge in [0.1, 0.15) is 11.8 Å². The minimum absolute atomic E-state index is 0.141. The van der Waals surface area contributed by atoms with Crippen LogP contribution in [0.1, 0.15) is 13.3 Å². The molecule has 0 aliphatic carbocycles. The van der Waals surface area contributed by atoms with Crippen molar-refractivity contribution in [3.8, 4) is 6.07 Å². The van der Waals surface area contributed by atoms with Crippen molar-refractivity contribution in [2.75, 3.05) is 18.1 Å². The van der Waals surface area contributed by atoms with Crippen LogP contribution in [0.25, 0.3) is 0 Å². The number of carboxylic acid groups (broad SMARTS) is 1. The fraction of sp³-hybridized carbons (Fsp3) is 0.600. The Hall–Kier alpha value is -1.95. The van der Waals surface area contributed by atoms with E-state index < -0.39 is 34.6 Å². The summed E-state index contributed by atoms with van der Waals surface area (Å²) in [7, 11) is -1.71. The molecule has 0 aromatic rings. The minimum atomic E-state index is -1.71. The fourth-order valence-electron chi connectivity index (χ4n) is 1.12. The first-order valence-electron chi connectivity index (χ1n) is 5.35.